The molecular weight excluding hydrogens is 282 g/mol. The molecule has 1 aliphatic carbocycles. The number of fused-ring (bicyclic) bond motifs is 1. The van der Waals surface area contributed by atoms with Gasteiger partial charge in [-0.1, -0.05) is 0 Å². The fourth-order valence-electron chi connectivity index (χ4n) is 2.85. The summed E-state index contributed by atoms with van der Waals surface area (Å²) in [6.45, 7) is 0. The Balaban J connectivity index is 2.02. The van der Waals surface area contributed by atoms with Crippen molar-refractivity contribution in [1.29, 1.82) is 0 Å². The Hall–Kier alpha value is -1.82. The van der Waals surface area contributed by atoms with Gasteiger partial charge in [0.2, 0.25) is 0 Å². The summed E-state index contributed by atoms with van der Waals surface area (Å²) in [6.07, 6.45) is 3.95. The predicted molar refractivity (Wildman–Crippen MR) is 72.4 cm³/mol. The molecule has 1 atom stereocenters. The number of aldehydes is 1. The van der Waals surface area contributed by atoms with Crippen molar-refractivity contribution in [2.45, 2.75) is 25.3 Å². The first-order valence-electron chi connectivity index (χ1n) is 6.32. The van der Waals surface area contributed by atoms with Crippen LogP contribution in [-0.4, -0.2) is 15.8 Å². The van der Waals surface area contributed by atoms with Crippen LogP contribution in [0.5, 0.6) is 0 Å². The second-order valence-electron chi connectivity index (χ2n) is 4.93. The van der Waals surface area contributed by atoms with Crippen LogP contribution in [-0.2, 0) is 12.8 Å². The number of H-pyrrole nitrogens is 1. The van der Waals surface area contributed by atoms with Crippen molar-refractivity contribution >= 4 is 18.5 Å². The molecule has 1 aromatic heterocycles. The number of hydrogen-bond donors (Lipinski definition) is 1. The number of hydrogen-bond acceptors (Lipinski definition) is 2. The predicted octanol–water partition coefficient (Wildman–Crippen LogP) is 3.37. The van der Waals surface area contributed by atoms with E-state index in [9.17, 15) is 13.6 Å². The molecule has 0 aliphatic heterocycles. The molecule has 0 spiro atoms. The summed E-state index contributed by atoms with van der Waals surface area (Å²) < 4.78 is 29.2. The normalized spacial score (nSPS) is 17.8. The molecule has 0 amide bonds. The van der Waals surface area contributed by atoms with Gasteiger partial charge >= 0.3 is 0 Å². The minimum Gasteiger partial charge on any atom is -0.337 e. The highest BCUT2D eigenvalue weighted by Gasteiger charge is 2.25. The van der Waals surface area contributed by atoms with Crippen molar-refractivity contribution in [2.75, 3.05) is 0 Å². The number of nitrogens with zero attached hydrogens (tertiary/aromatic N) is 1. The van der Waals surface area contributed by atoms with Crippen molar-refractivity contribution < 1.29 is 13.6 Å². The molecule has 1 aliphatic rings. The van der Waals surface area contributed by atoms with Crippen LogP contribution in [0, 0.1) is 16.4 Å². The van der Waals surface area contributed by atoms with E-state index in [2.05, 4.69) is 4.98 Å². The molecule has 104 valence electrons. The summed E-state index contributed by atoms with van der Waals surface area (Å²) in [4.78, 5) is 13.9. The monoisotopic (exact) mass is 294 g/mol. The first-order valence-corrected chi connectivity index (χ1v) is 6.73. The van der Waals surface area contributed by atoms with Crippen LogP contribution in [0.3, 0.4) is 0 Å². The maximum absolute atomic E-state index is 13.9. The molecule has 1 heterocycles. The highest BCUT2D eigenvalue weighted by atomic mass is 32.1. The van der Waals surface area contributed by atoms with E-state index in [4.69, 9.17) is 12.2 Å². The van der Waals surface area contributed by atoms with Crippen molar-refractivity contribution in [2.24, 2.45) is 0 Å². The summed E-state index contributed by atoms with van der Waals surface area (Å²) >= 11 is 5.17. The standard InChI is InChI=1S/C14H12F2N2OS/c15-9-3-8-1-2-10(5-12(8)13(16)4-9)18-11(7-19)6-17-14(18)20/h3-4,6-7,10H,1-2,5H2,(H,17,20). The topological polar surface area (TPSA) is 37.8 Å². The quantitative estimate of drug-likeness (QED) is 0.681. The summed E-state index contributed by atoms with van der Waals surface area (Å²) in [5.41, 5.74) is 1.67. The molecule has 1 aromatic carbocycles. The van der Waals surface area contributed by atoms with Crippen LogP contribution in [0.1, 0.15) is 34.1 Å². The second kappa shape index (κ2) is 4.94. The van der Waals surface area contributed by atoms with E-state index in [1.807, 2.05) is 0 Å². The molecule has 0 fully saturated rings. The highest BCUT2D eigenvalue weighted by molar-refractivity contribution is 7.71. The van der Waals surface area contributed by atoms with Crippen LogP contribution in [0.2, 0.25) is 0 Å². The van der Waals surface area contributed by atoms with Gasteiger partial charge in [-0.05, 0) is 48.7 Å². The number of aromatic amines is 1. The number of carbonyl (C=O) groups is 1. The third kappa shape index (κ3) is 2.10. The van der Waals surface area contributed by atoms with Gasteiger partial charge in [0.05, 0.1) is 5.69 Å². The number of nitrogens with one attached hydrogen (secondary N) is 1. The average Bonchev–Trinajstić information content (AvgIpc) is 2.79. The van der Waals surface area contributed by atoms with Crippen molar-refractivity contribution in [3.05, 3.63) is 51.6 Å². The van der Waals surface area contributed by atoms with Gasteiger partial charge in [-0.25, -0.2) is 8.78 Å². The molecule has 6 heteroatoms. The van der Waals surface area contributed by atoms with Gasteiger partial charge in [-0.2, -0.15) is 0 Å². The van der Waals surface area contributed by atoms with Crippen LogP contribution in [0.15, 0.2) is 18.3 Å². The Kier molecular flexibility index (Phi) is 3.25. The summed E-state index contributed by atoms with van der Waals surface area (Å²) in [7, 11) is 0. The van der Waals surface area contributed by atoms with E-state index in [0.29, 0.717) is 40.9 Å². The summed E-state index contributed by atoms with van der Waals surface area (Å²) in [5, 5.41) is 0. The van der Waals surface area contributed by atoms with E-state index < -0.39 is 11.6 Å². The molecule has 1 unspecified atom stereocenters. The number of halogens is 2. The number of carbonyl (C=O) groups excluding carboxylic acids is 1. The molecule has 0 saturated heterocycles. The van der Waals surface area contributed by atoms with Crippen molar-refractivity contribution in [1.82, 2.24) is 9.55 Å². The Morgan fingerprint density at radius 3 is 2.95 bits per heavy atom. The zero-order valence-corrected chi connectivity index (χ0v) is 11.3. The van der Waals surface area contributed by atoms with E-state index in [0.717, 1.165) is 12.4 Å². The minimum absolute atomic E-state index is 0.0820. The lowest BCUT2D eigenvalue weighted by molar-refractivity contribution is 0.111. The van der Waals surface area contributed by atoms with Gasteiger partial charge in [-0.3, -0.25) is 4.79 Å². The van der Waals surface area contributed by atoms with E-state index in [-0.39, 0.29) is 6.04 Å². The Morgan fingerprint density at radius 2 is 2.20 bits per heavy atom. The molecule has 3 rings (SSSR count). The fourth-order valence-corrected chi connectivity index (χ4v) is 3.16. The highest BCUT2D eigenvalue weighted by Crippen LogP contribution is 2.32. The average molecular weight is 294 g/mol. The Labute approximate surface area is 119 Å². The lowest BCUT2D eigenvalue weighted by atomic mass is 9.87. The fraction of sp³-hybridized carbons (Fsp3) is 0.286. The molecule has 0 saturated carbocycles. The number of aryl methyl sites for hydroxylation is 1. The SMILES string of the molecule is O=Cc1c[nH]c(=S)n1C1CCc2cc(F)cc(F)c2C1. The minimum atomic E-state index is -0.550. The van der Waals surface area contributed by atoms with Crippen LogP contribution in [0.4, 0.5) is 8.78 Å². The van der Waals surface area contributed by atoms with E-state index in [1.165, 1.54) is 6.07 Å². The third-order valence-electron chi connectivity index (χ3n) is 3.77. The lowest BCUT2D eigenvalue weighted by Crippen LogP contribution is -2.21. The third-order valence-corrected chi connectivity index (χ3v) is 4.08. The molecule has 3 nitrogen and oxygen atoms in total. The Bertz CT molecular complexity index is 735. The number of imidazole rings is 1. The van der Waals surface area contributed by atoms with E-state index in [1.54, 1.807) is 10.8 Å². The second-order valence-corrected chi connectivity index (χ2v) is 5.32. The Morgan fingerprint density at radius 1 is 1.40 bits per heavy atom. The lowest BCUT2D eigenvalue weighted by Gasteiger charge is -2.26. The van der Waals surface area contributed by atoms with Gasteiger partial charge in [-0.15, -0.1) is 0 Å². The molecule has 20 heavy (non-hydrogen) atoms. The van der Waals surface area contributed by atoms with Crippen LogP contribution in [0.25, 0.3) is 0 Å². The first kappa shape index (κ1) is 13.2. The maximum atomic E-state index is 13.9. The molecule has 2 aromatic rings. The zero-order valence-electron chi connectivity index (χ0n) is 10.5. The van der Waals surface area contributed by atoms with Crippen molar-refractivity contribution in [3.63, 3.8) is 0 Å². The number of benzene rings is 1. The van der Waals surface area contributed by atoms with Gasteiger partial charge in [0.25, 0.3) is 0 Å². The van der Waals surface area contributed by atoms with Crippen LogP contribution >= 0.6 is 12.2 Å². The summed E-state index contributed by atoms with van der Waals surface area (Å²) in [5.74, 6) is -1.08. The summed E-state index contributed by atoms with van der Waals surface area (Å²) in [6, 6.07) is 2.20. The molecular formula is C14H12F2N2OS. The van der Waals surface area contributed by atoms with Gasteiger partial charge in [0.15, 0.2) is 11.1 Å². The largest absolute Gasteiger partial charge is 0.337 e. The molecule has 0 bridgehead atoms. The van der Waals surface area contributed by atoms with E-state index >= 15 is 0 Å². The smallest absolute Gasteiger partial charge is 0.177 e. The van der Waals surface area contributed by atoms with Gasteiger partial charge < -0.3 is 9.55 Å². The molecule has 1 N–H and O–H groups in total. The number of aromatic nitrogens is 2. The molecule has 0 radical (unpaired) electrons. The van der Waals surface area contributed by atoms with Gasteiger partial charge in [0.1, 0.15) is 11.6 Å². The van der Waals surface area contributed by atoms with Crippen LogP contribution < -0.4 is 0 Å². The first-order chi connectivity index (χ1) is 9.60. The number of rotatable bonds is 2. The maximum Gasteiger partial charge on any atom is 0.177 e. The van der Waals surface area contributed by atoms with Crippen molar-refractivity contribution in [3.8, 4) is 0 Å². The van der Waals surface area contributed by atoms with Gasteiger partial charge in [0, 0.05) is 18.3 Å². The zero-order chi connectivity index (χ0) is 14.3.